The maximum Gasteiger partial charge on any atom is 0.325 e. The molecule has 0 aromatic heterocycles. The number of thioether (sulfide) groups is 1. The number of hydrogen-bond acceptors (Lipinski definition) is 8. The van der Waals surface area contributed by atoms with Gasteiger partial charge in [-0.25, -0.2) is 0 Å². The number of anilines is 1. The molecule has 0 aliphatic carbocycles. The van der Waals surface area contributed by atoms with Crippen molar-refractivity contribution in [3.05, 3.63) is 18.2 Å². The van der Waals surface area contributed by atoms with Crippen molar-refractivity contribution in [1.29, 1.82) is 0 Å². The van der Waals surface area contributed by atoms with E-state index in [9.17, 15) is 9.59 Å². The fraction of sp³-hybridized carbons (Fsp3) is 0.412. The van der Waals surface area contributed by atoms with Crippen molar-refractivity contribution < 1.29 is 19.1 Å². The first-order chi connectivity index (χ1) is 12.1. The topological polar surface area (TPSA) is 80.6 Å². The van der Waals surface area contributed by atoms with Crippen molar-refractivity contribution in [2.45, 2.75) is 18.7 Å². The third kappa shape index (κ3) is 3.68. The summed E-state index contributed by atoms with van der Waals surface area (Å²) in [6.07, 6.45) is 1.29. The summed E-state index contributed by atoms with van der Waals surface area (Å²) in [6, 6.07) is 5.75. The van der Waals surface area contributed by atoms with Gasteiger partial charge in [0.1, 0.15) is 0 Å². The normalized spacial score (nSPS) is 15.3. The standard InChI is InChI=1S/C17H19N3O4S/c1-3-23-15(21)12(16(22)24-4-2)10-19-11-5-6-14-13(9-11)20-8-7-18-17(20)25-14/h5-6,9-10,12H,3-4,7-8H2,1-2H3. The first-order valence-electron chi connectivity index (χ1n) is 8.15. The lowest BCUT2D eigenvalue weighted by molar-refractivity contribution is -0.157. The van der Waals surface area contributed by atoms with Gasteiger partial charge in [-0.05, 0) is 43.8 Å². The van der Waals surface area contributed by atoms with Crippen LogP contribution in [0.4, 0.5) is 11.4 Å². The quantitative estimate of drug-likeness (QED) is 0.440. The van der Waals surface area contributed by atoms with Crippen LogP contribution in [0.25, 0.3) is 0 Å². The molecule has 3 rings (SSSR count). The smallest absolute Gasteiger partial charge is 0.325 e. The summed E-state index contributed by atoms with van der Waals surface area (Å²) in [4.78, 5) is 36.0. The van der Waals surface area contributed by atoms with Gasteiger partial charge in [-0.2, -0.15) is 0 Å². The minimum Gasteiger partial charge on any atom is -0.465 e. The number of carbonyl (C=O) groups is 2. The van der Waals surface area contributed by atoms with Gasteiger partial charge in [0.05, 0.1) is 31.1 Å². The number of aliphatic imine (C=N–C) groups is 2. The average molecular weight is 361 g/mol. The molecule has 0 spiro atoms. The minimum atomic E-state index is -1.16. The van der Waals surface area contributed by atoms with Crippen LogP contribution >= 0.6 is 11.8 Å². The Morgan fingerprint density at radius 3 is 2.72 bits per heavy atom. The number of benzene rings is 1. The zero-order valence-corrected chi connectivity index (χ0v) is 14.9. The van der Waals surface area contributed by atoms with Gasteiger partial charge in [0, 0.05) is 17.7 Å². The summed E-state index contributed by atoms with van der Waals surface area (Å²) < 4.78 is 9.86. The number of rotatable bonds is 6. The highest BCUT2D eigenvalue weighted by atomic mass is 32.2. The second-order valence-corrected chi connectivity index (χ2v) is 6.34. The van der Waals surface area contributed by atoms with Crippen LogP contribution in [0.15, 0.2) is 33.1 Å². The van der Waals surface area contributed by atoms with E-state index in [4.69, 9.17) is 9.47 Å². The molecular formula is C17H19N3O4S. The highest BCUT2D eigenvalue weighted by molar-refractivity contribution is 8.14. The van der Waals surface area contributed by atoms with Crippen LogP contribution in [-0.4, -0.2) is 49.6 Å². The molecule has 7 nitrogen and oxygen atoms in total. The van der Waals surface area contributed by atoms with Crippen molar-refractivity contribution in [3.8, 4) is 0 Å². The molecule has 0 radical (unpaired) electrons. The van der Waals surface area contributed by atoms with Gasteiger partial charge >= 0.3 is 11.9 Å². The zero-order valence-electron chi connectivity index (χ0n) is 14.1. The molecule has 2 aliphatic rings. The van der Waals surface area contributed by atoms with Gasteiger partial charge in [-0.15, -0.1) is 0 Å². The summed E-state index contributed by atoms with van der Waals surface area (Å²) in [7, 11) is 0. The molecule has 1 aromatic rings. The molecule has 0 amide bonds. The molecule has 0 saturated carbocycles. The van der Waals surface area contributed by atoms with E-state index in [-0.39, 0.29) is 13.2 Å². The molecule has 0 saturated heterocycles. The molecule has 8 heteroatoms. The van der Waals surface area contributed by atoms with Gasteiger partial charge < -0.3 is 14.4 Å². The molecule has 0 fully saturated rings. The molecule has 2 heterocycles. The van der Waals surface area contributed by atoms with E-state index in [1.807, 2.05) is 18.2 Å². The number of nitrogens with zero attached hydrogens (tertiary/aromatic N) is 3. The highest BCUT2D eigenvalue weighted by Gasteiger charge is 2.30. The van der Waals surface area contributed by atoms with E-state index < -0.39 is 17.9 Å². The molecule has 0 bridgehead atoms. The number of esters is 2. The predicted octanol–water partition coefficient (Wildman–Crippen LogP) is 2.41. The molecular weight excluding hydrogens is 342 g/mol. The van der Waals surface area contributed by atoms with E-state index in [0.717, 1.165) is 28.8 Å². The predicted molar refractivity (Wildman–Crippen MR) is 96.9 cm³/mol. The summed E-state index contributed by atoms with van der Waals surface area (Å²) in [5, 5.41) is 1.01. The van der Waals surface area contributed by atoms with Gasteiger partial charge in [-0.3, -0.25) is 19.6 Å². The Kier molecular flexibility index (Phi) is 5.37. The largest absolute Gasteiger partial charge is 0.465 e. The van der Waals surface area contributed by atoms with E-state index in [2.05, 4.69) is 14.9 Å². The first-order valence-corrected chi connectivity index (χ1v) is 8.97. The number of ether oxygens (including phenoxy) is 2. The average Bonchev–Trinajstić information content (AvgIpc) is 3.16. The monoisotopic (exact) mass is 361 g/mol. The Hall–Kier alpha value is -2.35. The highest BCUT2D eigenvalue weighted by Crippen LogP contribution is 2.43. The van der Waals surface area contributed by atoms with Crippen molar-refractivity contribution in [3.63, 3.8) is 0 Å². The van der Waals surface area contributed by atoms with E-state index in [1.165, 1.54) is 6.21 Å². The summed E-state index contributed by atoms with van der Waals surface area (Å²) in [5.41, 5.74) is 1.71. The summed E-state index contributed by atoms with van der Waals surface area (Å²) in [6.45, 7) is 5.40. The SMILES string of the molecule is CCOC(=O)C(C=Nc1ccc2c(c1)N1CCN=C1S2)C(=O)OCC. The third-order valence-electron chi connectivity index (χ3n) is 3.69. The van der Waals surface area contributed by atoms with Crippen LogP contribution in [0.2, 0.25) is 0 Å². The number of carbonyl (C=O) groups excluding carboxylic acids is 2. The van der Waals surface area contributed by atoms with Crippen molar-refractivity contribution in [1.82, 2.24) is 0 Å². The van der Waals surface area contributed by atoms with Gasteiger partial charge in [0.25, 0.3) is 0 Å². The van der Waals surface area contributed by atoms with Crippen molar-refractivity contribution in [2.75, 3.05) is 31.2 Å². The Morgan fingerprint density at radius 2 is 2.04 bits per heavy atom. The fourth-order valence-electron chi connectivity index (χ4n) is 2.56. The second kappa shape index (κ2) is 7.69. The lowest BCUT2D eigenvalue weighted by Crippen LogP contribution is -2.29. The Balaban J connectivity index is 1.79. The minimum absolute atomic E-state index is 0.190. The van der Waals surface area contributed by atoms with Crippen LogP contribution < -0.4 is 4.90 Å². The third-order valence-corrected chi connectivity index (χ3v) is 4.79. The Bertz CT molecular complexity index is 729. The maximum absolute atomic E-state index is 12.0. The number of hydrogen-bond donors (Lipinski definition) is 0. The lowest BCUT2D eigenvalue weighted by atomic mass is 10.1. The Morgan fingerprint density at radius 1 is 1.32 bits per heavy atom. The van der Waals surface area contributed by atoms with Gasteiger partial charge in [-0.1, -0.05) is 0 Å². The van der Waals surface area contributed by atoms with Crippen molar-refractivity contribution >= 4 is 46.5 Å². The second-order valence-electron chi connectivity index (χ2n) is 5.33. The van der Waals surface area contributed by atoms with Crippen LogP contribution in [0.3, 0.4) is 0 Å². The molecule has 2 aliphatic heterocycles. The zero-order chi connectivity index (χ0) is 17.8. The first kappa shape index (κ1) is 17.5. The molecule has 1 aromatic carbocycles. The van der Waals surface area contributed by atoms with E-state index in [1.54, 1.807) is 25.6 Å². The molecule has 25 heavy (non-hydrogen) atoms. The molecule has 0 atom stereocenters. The lowest BCUT2D eigenvalue weighted by Gasteiger charge is -2.12. The number of amidine groups is 1. The van der Waals surface area contributed by atoms with E-state index in [0.29, 0.717) is 5.69 Å². The summed E-state index contributed by atoms with van der Waals surface area (Å²) in [5.74, 6) is -2.47. The van der Waals surface area contributed by atoms with Gasteiger partial charge in [0.15, 0.2) is 11.1 Å². The molecule has 0 unspecified atom stereocenters. The van der Waals surface area contributed by atoms with Crippen molar-refractivity contribution in [2.24, 2.45) is 15.9 Å². The van der Waals surface area contributed by atoms with Crippen LogP contribution in [0, 0.1) is 5.92 Å². The van der Waals surface area contributed by atoms with E-state index >= 15 is 0 Å². The molecule has 0 N–H and O–H groups in total. The number of fused-ring (bicyclic) bond motifs is 3. The van der Waals surface area contributed by atoms with Crippen LogP contribution in [0.5, 0.6) is 0 Å². The maximum atomic E-state index is 12.0. The van der Waals surface area contributed by atoms with Crippen LogP contribution in [-0.2, 0) is 19.1 Å². The summed E-state index contributed by atoms with van der Waals surface area (Å²) >= 11 is 1.64. The van der Waals surface area contributed by atoms with Gasteiger partial charge in [0.2, 0.25) is 0 Å². The Labute approximate surface area is 150 Å². The fourth-order valence-corrected chi connectivity index (χ4v) is 3.62. The van der Waals surface area contributed by atoms with Crippen LogP contribution in [0.1, 0.15) is 13.8 Å². The molecule has 132 valence electrons.